The van der Waals surface area contributed by atoms with E-state index in [2.05, 4.69) is 21.3 Å². The molecule has 0 aromatic carbocycles. The molecule has 0 aliphatic carbocycles. The number of aliphatic hydroxyl groups is 1. The van der Waals surface area contributed by atoms with Crippen LogP contribution < -0.4 is 5.32 Å². The number of nitrogens with one attached hydrogen (secondary N) is 1. The number of rotatable bonds is 5. The fraction of sp³-hybridized carbons (Fsp3) is 0.643. The van der Waals surface area contributed by atoms with Crippen molar-refractivity contribution in [1.82, 2.24) is 9.88 Å². The van der Waals surface area contributed by atoms with Gasteiger partial charge in [-0.15, -0.1) is 0 Å². The van der Waals surface area contributed by atoms with Crippen LogP contribution in [0.4, 0.5) is 5.82 Å². The Bertz CT molecular complexity index is 351. The third-order valence-electron chi connectivity index (χ3n) is 3.68. The Balaban J connectivity index is 1.96. The molecule has 4 nitrogen and oxygen atoms in total. The van der Waals surface area contributed by atoms with Crippen molar-refractivity contribution in [2.24, 2.45) is 0 Å². The molecule has 1 atom stereocenters. The Morgan fingerprint density at radius 3 is 3.00 bits per heavy atom. The van der Waals surface area contributed by atoms with Crippen LogP contribution in [0.15, 0.2) is 18.3 Å². The van der Waals surface area contributed by atoms with E-state index in [0.29, 0.717) is 6.04 Å². The van der Waals surface area contributed by atoms with Gasteiger partial charge >= 0.3 is 0 Å². The molecular formula is C14H23N3O. The zero-order chi connectivity index (χ0) is 12.8. The van der Waals surface area contributed by atoms with Gasteiger partial charge in [0.2, 0.25) is 0 Å². The van der Waals surface area contributed by atoms with E-state index in [0.717, 1.165) is 25.3 Å². The van der Waals surface area contributed by atoms with Crippen molar-refractivity contribution in [1.29, 1.82) is 0 Å². The highest BCUT2D eigenvalue weighted by molar-refractivity contribution is 5.34. The first-order valence-corrected chi connectivity index (χ1v) is 6.81. The molecule has 18 heavy (non-hydrogen) atoms. The zero-order valence-electron chi connectivity index (χ0n) is 11.1. The van der Waals surface area contributed by atoms with Gasteiger partial charge in [0.25, 0.3) is 0 Å². The molecule has 2 heterocycles. The summed E-state index contributed by atoms with van der Waals surface area (Å²) in [7, 11) is 1.88. The fourth-order valence-corrected chi connectivity index (χ4v) is 2.64. The molecule has 2 N–H and O–H groups in total. The molecule has 1 aromatic heterocycles. The van der Waals surface area contributed by atoms with Crippen LogP contribution in [-0.4, -0.2) is 41.2 Å². The summed E-state index contributed by atoms with van der Waals surface area (Å²) in [6, 6.07) is 4.68. The molecular weight excluding hydrogens is 226 g/mol. The molecule has 1 unspecified atom stereocenters. The van der Waals surface area contributed by atoms with E-state index < -0.39 is 0 Å². The monoisotopic (exact) mass is 249 g/mol. The summed E-state index contributed by atoms with van der Waals surface area (Å²) < 4.78 is 0. The second-order valence-corrected chi connectivity index (χ2v) is 4.93. The predicted octanol–water partition coefficient (Wildman–Crippen LogP) is 1.86. The zero-order valence-corrected chi connectivity index (χ0v) is 11.1. The Morgan fingerprint density at radius 2 is 2.33 bits per heavy atom. The number of piperidine rings is 1. The van der Waals surface area contributed by atoms with Gasteiger partial charge in [-0.3, -0.25) is 4.90 Å². The number of hydrogen-bond acceptors (Lipinski definition) is 4. The number of aliphatic hydroxyl groups excluding tert-OH is 1. The molecule has 1 saturated heterocycles. The molecule has 0 spiro atoms. The second-order valence-electron chi connectivity index (χ2n) is 4.93. The van der Waals surface area contributed by atoms with Crippen LogP contribution in [0.2, 0.25) is 0 Å². The maximum atomic E-state index is 9.12. The molecule has 0 radical (unpaired) electrons. The maximum absolute atomic E-state index is 9.12. The summed E-state index contributed by atoms with van der Waals surface area (Å²) in [6.07, 6.45) is 6.60. The SMILES string of the molecule is CNc1ccc(CN2CCCCC2CCO)cn1. The number of aromatic nitrogens is 1. The topological polar surface area (TPSA) is 48.4 Å². The van der Waals surface area contributed by atoms with E-state index in [1.165, 1.54) is 24.8 Å². The standard InChI is InChI=1S/C14H23N3O/c1-15-14-6-5-12(10-16-14)11-17-8-3-2-4-13(17)7-9-18/h5-6,10,13,18H,2-4,7-9,11H2,1H3,(H,15,16). The Kier molecular flexibility index (Phi) is 4.96. The van der Waals surface area contributed by atoms with Gasteiger partial charge in [-0.05, 0) is 37.4 Å². The van der Waals surface area contributed by atoms with E-state index in [4.69, 9.17) is 5.11 Å². The average molecular weight is 249 g/mol. The van der Waals surface area contributed by atoms with Crippen LogP contribution >= 0.6 is 0 Å². The first kappa shape index (κ1) is 13.3. The van der Waals surface area contributed by atoms with Crippen LogP contribution in [0.3, 0.4) is 0 Å². The van der Waals surface area contributed by atoms with E-state index in [-0.39, 0.29) is 6.61 Å². The summed E-state index contributed by atoms with van der Waals surface area (Å²) in [4.78, 5) is 6.83. The number of pyridine rings is 1. The van der Waals surface area contributed by atoms with Crippen molar-refractivity contribution in [3.63, 3.8) is 0 Å². The number of hydrogen-bond donors (Lipinski definition) is 2. The highest BCUT2D eigenvalue weighted by atomic mass is 16.3. The van der Waals surface area contributed by atoms with Gasteiger partial charge in [0.1, 0.15) is 5.82 Å². The van der Waals surface area contributed by atoms with E-state index >= 15 is 0 Å². The van der Waals surface area contributed by atoms with E-state index in [1.54, 1.807) is 0 Å². The lowest BCUT2D eigenvalue weighted by molar-refractivity contribution is 0.112. The molecule has 0 saturated carbocycles. The van der Waals surface area contributed by atoms with Crippen LogP contribution in [0.25, 0.3) is 0 Å². The lowest BCUT2D eigenvalue weighted by Gasteiger charge is -2.35. The van der Waals surface area contributed by atoms with Crippen LogP contribution in [-0.2, 0) is 6.54 Å². The van der Waals surface area contributed by atoms with Gasteiger partial charge in [-0.1, -0.05) is 12.5 Å². The van der Waals surface area contributed by atoms with Crippen LogP contribution in [0.5, 0.6) is 0 Å². The summed E-state index contributed by atoms with van der Waals surface area (Å²) in [5.74, 6) is 0.907. The smallest absolute Gasteiger partial charge is 0.125 e. The van der Waals surface area contributed by atoms with Gasteiger partial charge in [-0.25, -0.2) is 4.98 Å². The highest BCUT2D eigenvalue weighted by Crippen LogP contribution is 2.21. The molecule has 100 valence electrons. The van der Waals surface area contributed by atoms with E-state index in [1.807, 2.05) is 19.3 Å². The van der Waals surface area contributed by atoms with Gasteiger partial charge in [0, 0.05) is 32.4 Å². The third kappa shape index (κ3) is 3.43. The molecule has 2 rings (SSSR count). The minimum absolute atomic E-state index is 0.290. The van der Waals surface area contributed by atoms with Crippen LogP contribution in [0.1, 0.15) is 31.2 Å². The summed E-state index contributed by atoms with van der Waals surface area (Å²) in [5, 5.41) is 12.2. The van der Waals surface area contributed by atoms with Crippen molar-refractivity contribution in [2.75, 3.05) is 25.5 Å². The highest BCUT2D eigenvalue weighted by Gasteiger charge is 2.21. The largest absolute Gasteiger partial charge is 0.396 e. The normalized spacial score (nSPS) is 20.9. The number of anilines is 1. The van der Waals surface area contributed by atoms with Crippen molar-refractivity contribution in [3.8, 4) is 0 Å². The summed E-state index contributed by atoms with van der Waals surface area (Å²) >= 11 is 0. The minimum atomic E-state index is 0.290. The lowest BCUT2D eigenvalue weighted by atomic mass is 9.99. The first-order valence-electron chi connectivity index (χ1n) is 6.81. The van der Waals surface area contributed by atoms with Gasteiger partial charge in [0.15, 0.2) is 0 Å². The Labute approximate surface area is 109 Å². The molecule has 0 bridgehead atoms. The molecule has 1 aliphatic heterocycles. The number of likely N-dealkylation sites (tertiary alicyclic amines) is 1. The Hall–Kier alpha value is -1.13. The quantitative estimate of drug-likeness (QED) is 0.836. The lowest BCUT2D eigenvalue weighted by Crippen LogP contribution is -2.39. The van der Waals surface area contributed by atoms with Gasteiger partial charge < -0.3 is 10.4 Å². The second kappa shape index (κ2) is 6.71. The molecule has 1 aliphatic rings. The molecule has 4 heteroatoms. The predicted molar refractivity (Wildman–Crippen MR) is 73.5 cm³/mol. The molecule has 1 fully saturated rings. The van der Waals surface area contributed by atoms with Crippen molar-refractivity contribution in [3.05, 3.63) is 23.9 Å². The fourth-order valence-electron chi connectivity index (χ4n) is 2.64. The van der Waals surface area contributed by atoms with E-state index in [9.17, 15) is 0 Å². The third-order valence-corrected chi connectivity index (χ3v) is 3.68. The van der Waals surface area contributed by atoms with Crippen molar-refractivity contribution in [2.45, 2.75) is 38.3 Å². The maximum Gasteiger partial charge on any atom is 0.125 e. The summed E-state index contributed by atoms with van der Waals surface area (Å²) in [6.45, 7) is 2.37. The first-order chi connectivity index (χ1) is 8.83. The average Bonchev–Trinajstić information content (AvgIpc) is 2.42. The van der Waals surface area contributed by atoms with Crippen LogP contribution in [0, 0.1) is 0 Å². The van der Waals surface area contributed by atoms with Crippen molar-refractivity contribution < 1.29 is 5.11 Å². The minimum Gasteiger partial charge on any atom is -0.396 e. The molecule has 1 aromatic rings. The summed E-state index contributed by atoms with van der Waals surface area (Å²) in [5.41, 5.74) is 1.25. The van der Waals surface area contributed by atoms with Gasteiger partial charge in [0.05, 0.1) is 0 Å². The molecule has 0 amide bonds. The number of nitrogens with zero attached hydrogens (tertiary/aromatic N) is 2. The Morgan fingerprint density at radius 1 is 1.44 bits per heavy atom. The van der Waals surface area contributed by atoms with Gasteiger partial charge in [-0.2, -0.15) is 0 Å². The van der Waals surface area contributed by atoms with Crippen molar-refractivity contribution >= 4 is 5.82 Å².